The lowest BCUT2D eigenvalue weighted by atomic mass is 10.0. The predicted molar refractivity (Wildman–Crippen MR) is 97.9 cm³/mol. The van der Waals surface area contributed by atoms with Crippen molar-refractivity contribution in [2.45, 2.75) is 26.3 Å². The highest BCUT2D eigenvalue weighted by Crippen LogP contribution is 2.36. The average molecular weight is 380 g/mol. The smallest absolute Gasteiger partial charge is 0.266 e. The van der Waals surface area contributed by atoms with Crippen molar-refractivity contribution in [3.05, 3.63) is 28.7 Å². The number of phenolic OH excluding ortho intramolecular Hbond substituents is 1. The van der Waals surface area contributed by atoms with Crippen LogP contribution in [0.4, 0.5) is 0 Å². The highest BCUT2D eigenvalue weighted by molar-refractivity contribution is 8.26. The monoisotopic (exact) mass is 380 g/mol. The molecule has 25 heavy (non-hydrogen) atoms. The molecule has 1 amide bonds. The summed E-state index contributed by atoms with van der Waals surface area (Å²) in [6, 6.07) is 3.56. The largest absolute Gasteiger partial charge is 0.548 e. The van der Waals surface area contributed by atoms with Crippen LogP contribution in [0.1, 0.15) is 25.8 Å². The minimum absolute atomic E-state index is 0.0128. The van der Waals surface area contributed by atoms with Crippen LogP contribution in [0.5, 0.6) is 11.5 Å². The van der Waals surface area contributed by atoms with Crippen molar-refractivity contribution in [2.24, 2.45) is 5.92 Å². The van der Waals surface area contributed by atoms with E-state index >= 15 is 0 Å². The number of amides is 1. The Hall–Kier alpha value is -2.06. The summed E-state index contributed by atoms with van der Waals surface area (Å²) >= 11 is 6.24. The fourth-order valence-corrected chi connectivity index (χ4v) is 3.79. The highest BCUT2D eigenvalue weighted by atomic mass is 32.2. The van der Waals surface area contributed by atoms with Crippen LogP contribution in [-0.4, -0.2) is 39.4 Å². The fourth-order valence-electron chi connectivity index (χ4n) is 2.44. The van der Waals surface area contributed by atoms with Crippen LogP contribution in [0.3, 0.4) is 0 Å². The van der Waals surface area contributed by atoms with Gasteiger partial charge in [-0.3, -0.25) is 9.69 Å². The van der Waals surface area contributed by atoms with Crippen molar-refractivity contribution in [2.75, 3.05) is 7.11 Å². The van der Waals surface area contributed by atoms with Gasteiger partial charge in [0.05, 0.1) is 24.0 Å². The molecule has 1 atom stereocenters. The summed E-state index contributed by atoms with van der Waals surface area (Å²) in [5.74, 6) is -1.45. The molecule has 1 aromatic rings. The normalized spacial score (nSPS) is 17.4. The van der Waals surface area contributed by atoms with Crippen LogP contribution >= 0.6 is 24.0 Å². The van der Waals surface area contributed by atoms with Gasteiger partial charge < -0.3 is 19.7 Å². The van der Waals surface area contributed by atoms with E-state index in [4.69, 9.17) is 17.0 Å². The molecule has 0 radical (unpaired) electrons. The second-order valence-electron chi connectivity index (χ2n) is 5.95. The lowest BCUT2D eigenvalue weighted by Crippen LogP contribution is -2.50. The molecule has 0 bridgehead atoms. The number of hydrogen-bond acceptors (Lipinski definition) is 7. The van der Waals surface area contributed by atoms with Crippen LogP contribution in [0.2, 0.25) is 0 Å². The first-order valence-corrected chi connectivity index (χ1v) is 8.82. The molecule has 1 heterocycles. The van der Waals surface area contributed by atoms with Crippen molar-refractivity contribution in [1.82, 2.24) is 4.90 Å². The van der Waals surface area contributed by atoms with Gasteiger partial charge in [0.15, 0.2) is 11.5 Å². The molecule has 1 fully saturated rings. The molecule has 1 N–H and O–H groups in total. The number of phenols is 1. The third-order valence-electron chi connectivity index (χ3n) is 3.60. The molecule has 1 aliphatic heterocycles. The van der Waals surface area contributed by atoms with Gasteiger partial charge in [-0.15, -0.1) is 0 Å². The SMILES string of the molecule is COc1cc(/C=C2\SC(=S)N([C@@H](CC(C)C)C(=O)[O-])C2=O)ccc1O. The maximum atomic E-state index is 12.6. The molecule has 1 saturated heterocycles. The van der Waals surface area contributed by atoms with Gasteiger partial charge in [0.1, 0.15) is 4.32 Å². The first kappa shape index (κ1) is 19.3. The van der Waals surface area contributed by atoms with E-state index in [0.29, 0.717) is 10.5 Å². The van der Waals surface area contributed by atoms with E-state index in [0.717, 1.165) is 16.7 Å². The summed E-state index contributed by atoms with van der Waals surface area (Å²) in [5, 5.41) is 21.1. The number of carbonyl (C=O) groups is 2. The molecule has 0 aromatic heterocycles. The Labute approximate surface area is 155 Å². The number of rotatable bonds is 6. The van der Waals surface area contributed by atoms with Gasteiger partial charge in [-0.1, -0.05) is 43.9 Å². The van der Waals surface area contributed by atoms with Gasteiger partial charge in [0, 0.05) is 0 Å². The highest BCUT2D eigenvalue weighted by Gasteiger charge is 2.37. The van der Waals surface area contributed by atoms with Gasteiger partial charge in [-0.2, -0.15) is 0 Å². The molecule has 0 unspecified atom stereocenters. The van der Waals surface area contributed by atoms with E-state index in [9.17, 15) is 19.8 Å². The van der Waals surface area contributed by atoms with E-state index in [1.54, 1.807) is 18.2 Å². The molecule has 1 aliphatic rings. The number of ether oxygens (including phenoxy) is 1. The van der Waals surface area contributed by atoms with E-state index < -0.39 is 17.9 Å². The number of carboxylic acid groups (broad SMARTS) is 1. The Bertz CT molecular complexity index is 745. The van der Waals surface area contributed by atoms with Crippen molar-refractivity contribution in [3.8, 4) is 11.5 Å². The van der Waals surface area contributed by atoms with Gasteiger partial charge in [-0.05, 0) is 36.1 Å². The third-order valence-corrected chi connectivity index (χ3v) is 4.93. The van der Waals surface area contributed by atoms with E-state index in [1.165, 1.54) is 13.2 Å². The number of nitrogens with zero attached hydrogens (tertiary/aromatic N) is 1. The maximum Gasteiger partial charge on any atom is 0.266 e. The quantitative estimate of drug-likeness (QED) is 0.594. The van der Waals surface area contributed by atoms with Gasteiger partial charge in [0.2, 0.25) is 0 Å². The Kier molecular flexibility index (Phi) is 6.07. The fraction of sp³-hybridized carbons (Fsp3) is 0.353. The summed E-state index contributed by atoms with van der Waals surface area (Å²) in [7, 11) is 1.43. The van der Waals surface area contributed by atoms with E-state index in [1.807, 2.05) is 13.8 Å². The molecule has 0 aliphatic carbocycles. The zero-order chi connectivity index (χ0) is 18.7. The van der Waals surface area contributed by atoms with E-state index in [-0.39, 0.29) is 28.2 Å². The molecule has 2 rings (SSSR count). The number of methoxy groups -OCH3 is 1. The molecule has 8 heteroatoms. The zero-order valence-corrected chi connectivity index (χ0v) is 15.6. The van der Waals surface area contributed by atoms with Crippen molar-refractivity contribution < 1.29 is 24.5 Å². The van der Waals surface area contributed by atoms with Crippen molar-refractivity contribution in [1.29, 1.82) is 0 Å². The second-order valence-corrected chi connectivity index (χ2v) is 7.62. The number of aliphatic carboxylic acids is 1. The summed E-state index contributed by atoms with van der Waals surface area (Å²) in [6.07, 6.45) is 1.85. The first-order valence-electron chi connectivity index (χ1n) is 7.59. The number of carboxylic acids is 1. The van der Waals surface area contributed by atoms with Crippen LogP contribution in [0.15, 0.2) is 23.1 Å². The topological polar surface area (TPSA) is 89.9 Å². The number of thioether (sulfide) groups is 1. The van der Waals surface area contributed by atoms with Crippen LogP contribution in [0, 0.1) is 5.92 Å². The minimum atomic E-state index is -1.32. The van der Waals surface area contributed by atoms with Crippen LogP contribution in [-0.2, 0) is 9.59 Å². The Balaban J connectivity index is 2.32. The standard InChI is InChI=1S/C17H19NO5S2/c1-9(2)6-11(16(21)22)18-15(20)14(25-17(18)24)8-10-4-5-12(19)13(7-10)23-3/h4-5,7-9,11,19H,6H2,1-3H3,(H,21,22)/p-1/b14-8-/t11-/m0/s1. The first-order chi connectivity index (χ1) is 11.7. The molecular weight excluding hydrogens is 362 g/mol. The molecule has 1 aromatic carbocycles. The summed E-state index contributed by atoms with van der Waals surface area (Å²) in [5.41, 5.74) is 0.629. The Morgan fingerprint density at radius 1 is 1.48 bits per heavy atom. The summed E-state index contributed by atoms with van der Waals surface area (Å²) in [6.45, 7) is 3.73. The number of hydrogen-bond donors (Lipinski definition) is 1. The third kappa shape index (κ3) is 4.32. The van der Waals surface area contributed by atoms with Gasteiger partial charge >= 0.3 is 0 Å². The molecule has 0 spiro atoms. The number of aromatic hydroxyl groups is 1. The minimum Gasteiger partial charge on any atom is -0.548 e. The maximum absolute atomic E-state index is 12.6. The van der Waals surface area contributed by atoms with Crippen molar-refractivity contribution >= 4 is 46.3 Å². The lowest BCUT2D eigenvalue weighted by Gasteiger charge is -2.28. The lowest BCUT2D eigenvalue weighted by molar-refractivity contribution is -0.310. The van der Waals surface area contributed by atoms with Crippen LogP contribution in [0.25, 0.3) is 6.08 Å². The van der Waals surface area contributed by atoms with Crippen molar-refractivity contribution in [3.63, 3.8) is 0 Å². The van der Waals surface area contributed by atoms with E-state index in [2.05, 4.69) is 0 Å². The number of carbonyl (C=O) groups excluding carboxylic acids is 2. The van der Waals surface area contributed by atoms with Crippen LogP contribution < -0.4 is 9.84 Å². The number of benzene rings is 1. The molecule has 0 saturated carbocycles. The summed E-state index contributed by atoms with van der Waals surface area (Å²) in [4.78, 5) is 25.5. The Morgan fingerprint density at radius 2 is 2.16 bits per heavy atom. The average Bonchev–Trinajstić information content (AvgIpc) is 2.80. The molecule has 134 valence electrons. The number of thiocarbonyl (C=S) groups is 1. The predicted octanol–water partition coefficient (Wildman–Crippen LogP) is 1.77. The molecular formula is C17H18NO5S2-. The zero-order valence-electron chi connectivity index (χ0n) is 14.0. The Morgan fingerprint density at radius 3 is 2.72 bits per heavy atom. The molecule has 6 nitrogen and oxygen atoms in total. The van der Waals surface area contributed by atoms with Gasteiger partial charge in [0.25, 0.3) is 5.91 Å². The summed E-state index contributed by atoms with van der Waals surface area (Å²) < 4.78 is 5.23. The van der Waals surface area contributed by atoms with Gasteiger partial charge in [-0.25, -0.2) is 0 Å². The second kappa shape index (κ2) is 7.88.